The molecular formula is C13H20ClN5O2S. The molecule has 0 atom stereocenters. The zero-order chi connectivity index (χ0) is 16.3. The Hall–Kier alpha value is -1.38. The van der Waals surface area contributed by atoms with Gasteiger partial charge in [0, 0.05) is 19.6 Å². The lowest BCUT2D eigenvalue weighted by Gasteiger charge is -2.08. The summed E-state index contributed by atoms with van der Waals surface area (Å²) in [5.74, 6) is 0. The first-order valence-corrected chi connectivity index (χ1v) is 8.93. The van der Waals surface area contributed by atoms with Crippen LogP contribution >= 0.6 is 11.6 Å². The second-order valence-corrected chi connectivity index (χ2v) is 7.10. The number of aryl methyl sites for hydroxylation is 2. The molecule has 2 rings (SSSR count). The monoisotopic (exact) mass is 345 g/mol. The summed E-state index contributed by atoms with van der Waals surface area (Å²) in [6.07, 6.45) is 3.60. The van der Waals surface area contributed by atoms with Gasteiger partial charge in [-0.3, -0.25) is 9.36 Å². The van der Waals surface area contributed by atoms with Crippen molar-refractivity contribution in [1.82, 2.24) is 24.3 Å². The van der Waals surface area contributed by atoms with E-state index >= 15 is 0 Å². The third-order valence-electron chi connectivity index (χ3n) is 3.53. The fourth-order valence-electron chi connectivity index (χ4n) is 2.17. The third-order valence-corrected chi connectivity index (χ3v) is 5.46. The van der Waals surface area contributed by atoms with Crippen LogP contribution in [0.3, 0.4) is 0 Å². The van der Waals surface area contributed by atoms with Crippen LogP contribution in [0.2, 0.25) is 5.02 Å². The van der Waals surface area contributed by atoms with Gasteiger partial charge in [0.25, 0.3) is 0 Å². The number of rotatable bonds is 7. The Morgan fingerprint density at radius 2 is 1.86 bits per heavy atom. The minimum atomic E-state index is -3.53. The normalized spacial score (nSPS) is 12.0. The van der Waals surface area contributed by atoms with Gasteiger partial charge in [-0.25, -0.2) is 13.1 Å². The molecule has 0 unspecified atom stereocenters. The molecule has 0 saturated carbocycles. The highest BCUT2D eigenvalue weighted by atomic mass is 35.5. The van der Waals surface area contributed by atoms with Crippen LogP contribution in [0.4, 0.5) is 0 Å². The van der Waals surface area contributed by atoms with Gasteiger partial charge in [-0.05, 0) is 27.2 Å². The minimum Gasteiger partial charge on any atom is -0.269 e. The standard InChI is InChI=1S/C13H20ClN5O2S/c1-4-18-11(3)13(9-16-18)22(20,21)17-6-5-7-19-10(2)12(14)8-15-19/h8-9,17H,4-7H2,1-3H3. The average Bonchev–Trinajstić information content (AvgIpc) is 3.00. The summed E-state index contributed by atoms with van der Waals surface area (Å²) < 4.78 is 30.5. The van der Waals surface area contributed by atoms with Gasteiger partial charge in [-0.15, -0.1) is 0 Å². The van der Waals surface area contributed by atoms with Crippen LogP contribution in [0, 0.1) is 13.8 Å². The molecule has 0 aliphatic carbocycles. The molecule has 7 nitrogen and oxygen atoms in total. The molecule has 0 radical (unpaired) electrons. The van der Waals surface area contributed by atoms with Gasteiger partial charge < -0.3 is 0 Å². The van der Waals surface area contributed by atoms with E-state index in [4.69, 9.17) is 11.6 Å². The summed E-state index contributed by atoms with van der Waals surface area (Å²) in [7, 11) is -3.53. The zero-order valence-corrected chi connectivity index (χ0v) is 14.4. The number of nitrogens with one attached hydrogen (secondary N) is 1. The van der Waals surface area contributed by atoms with Crippen molar-refractivity contribution in [2.24, 2.45) is 0 Å². The Labute approximate surface area is 135 Å². The van der Waals surface area contributed by atoms with Crippen LogP contribution < -0.4 is 4.72 Å². The van der Waals surface area contributed by atoms with E-state index in [0.29, 0.717) is 36.8 Å². The van der Waals surface area contributed by atoms with Crippen molar-refractivity contribution >= 4 is 21.6 Å². The van der Waals surface area contributed by atoms with E-state index in [-0.39, 0.29) is 4.90 Å². The third kappa shape index (κ3) is 3.50. The number of halogens is 1. The van der Waals surface area contributed by atoms with E-state index in [9.17, 15) is 8.42 Å². The predicted molar refractivity (Wildman–Crippen MR) is 84.4 cm³/mol. The van der Waals surface area contributed by atoms with Crippen LogP contribution in [0.15, 0.2) is 17.3 Å². The Balaban J connectivity index is 1.93. The predicted octanol–water partition coefficient (Wildman–Crippen LogP) is 1.74. The number of aromatic nitrogens is 4. The SMILES string of the molecule is CCn1ncc(S(=O)(=O)NCCCn2ncc(Cl)c2C)c1C. The maximum atomic E-state index is 12.3. The molecule has 0 saturated heterocycles. The first-order chi connectivity index (χ1) is 10.4. The Morgan fingerprint density at radius 1 is 1.18 bits per heavy atom. The molecular weight excluding hydrogens is 326 g/mol. The molecule has 0 spiro atoms. The smallest absolute Gasteiger partial charge is 0.243 e. The first kappa shape index (κ1) is 17.0. The van der Waals surface area contributed by atoms with Crippen molar-refractivity contribution in [3.05, 3.63) is 28.8 Å². The molecule has 122 valence electrons. The Kier molecular flexibility index (Phi) is 5.25. The lowest BCUT2D eigenvalue weighted by atomic mass is 10.4. The highest BCUT2D eigenvalue weighted by Gasteiger charge is 2.19. The summed E-state index contributed by atoms with van der Waals surface area (Å²) in [6.45, 7) is 7.12. The summed E-state index contributed by atoms with van der Waals surface area (Å²) >= 11 is 5.92. The van der Waals surface area contributed by atoms with Gasteiger partial charge in [-0.1, -0.05) is 11.6 Å². The maximum Gasteiger partial charge on any atom is 0.243 e. The van der Waals surface area contributed by atoms with Crippen LogP contribution in [0.25, 0.3) is 0 Å². The van der Waals surface area contributed by atoms with E-state index in [0.717, 1.165) is 5.69 Å². The highest BCUT2D eigenvalue weighted by molar-refractivity contribution is 7.89. The Bertz CT molecular complexity index is 751. The van der Waals surface area contributed by atoms with Crippen LogP contribution in [-0.2, 0) is 23.1 Å². The highest BCUT2D eigenvalue weighted by Crippen LogP contribution is 2.15. The first-order valence-electron chi connectivity index (χ1n) is 7.06. The molecule has 2 aromatic heterocycles. The van der Waals surface area contributed by atoms with E-state index < -0.39 is 10.0 Å². The largest absolute Gasteiger partial charge is 0.269 e. The maximum absolute atomic E-state index is 12.3. The van der Waals surface area contributed by atoms with Gasteiger partial charge in [0.1, 0.15) is 4.90 Å². The zero-order valence-electron chi connectivity index (χ0n) is 12.9. The summed E-state index contributed by atoms with van der Waals surface area (Å²) in [6, 6.07) is 0. The fraction of sp³-hybridized carbons (Fsp3) is 0.538. The van der Waals surface area contributed by atoms with Gasteiger partial charge in [0.2, 0.25) is 10.0 Å². The molecule has 0 aliphatic heterocycles. The van der Waals surface area contributed by atoms with E-state index in [1.807, 2.05) is 13.8 Å². The number of nitrogens with zero attached hydrogens (tertiary/aromatic N) is 4. The van der Waals surface area contributed by atoms with Crippen molar-refractivity contribution < 1.29 is 8.42 Å². The molecule has 0 bridgehead atoms. The van der Waals surface area contributed by atoms with E-state index in [1.165, 1.54) is 6.20 Å². The molecule has 0 fully saturated rings. The topological polar surface area (TPSA) is 81.8 Å². The second kappa shape index (κ2) is 6.80. The van der Waals surface area contributed by atoms with Gasteiger partial charge in [-0.2, -0.15) is 10.2 Å². The Morgan fingerprint density at radius 3 is 2.41 bits per heavy atom. The minimum absolute atomic E-state index is 0.229. The van der Waals surface area contributed by atoms with Crippen LogP contribution in [-0.4, -0.2) is 34.5 Å². The van der Waals surface area contributed by atoms with Crippen LogP contribution in [0.1, 0.15) is 24.7 Å². The summed E-state index contributed by atoms with van der Waals surface area (Å²) in [5.41, 5.74) is 1.52. The number of sulfonamides is 1. The van der Waals surface area contributed by atoms with Crippen molar-refractivity contribution in [1.29, 1.82) is 0 Å². The number of hydrogen-bond acceptors (Lipinski definition) is 4. The van der Waals surface area contributed by atoms with Gasteiger partial charge >= 0.3 is 0 Å². The van der Waals surface area contributed by atoms with Gasteiger partial charge in [0.05, 0.1) is 28.8 Å². The summed E-state index contributed by atoms with van der Waals surface area (Å²) in [4.78, 5) is 0.229. The van der Waals surface area contributed by atoms with Crippen LogP contribution in [0.5, 0.6) is 0 Å². The van der Waals surface area contributed by atoms with Gasteiger partial charge in [0.15, 0.2) is 0 Å². The second-order valence-electron chi connectivity index (χ2n) is 4.96. The molecule has 0 aliphatic rings. The van der Waals surface area contributed by atoms with Crippen molar-refractivity contribution in [2.75, 3.05) is 6.54 Å². The fourth-order valence-corrected chi connectivity index (χ4v) is 3.56. The summed E-state index contributed by atoms with van der Waals surface area (Å²) in [5, 5.41) is 8.80. The lowest BCUT2D eigenvalue weighted by molar-refractivity contribution is 0.545. The molecule has 9 heteroatoms. The van der Waals surface area contributed by atoms with Crippen molar-refractivity contribution in [2.45, 2.75) is 45.2 Å². The molecule has 22 heavy (non-hydrogen) atoms. The average molecular weight is 346 g/mol. The van der Waals surface area contributed by atoms with E-state index in [1.54, 1.807) is 22.5 Å². The van der Waals surface area contributed by atoms with E-state index in [2.05, 4.69) is 14.9 Å². The molecule has 1 N–H and O–H groups in total. The molecule has 2 aromatic rings. The van der Waals surface area contributed by atoms with Crippen molar-refractivity contribution in [3.63, 3.8) is 0 Å². The lowest BCUT2D eigenvalue weighted by Crippen LogP contribution is -2.26. The molecule has 0 amide bonds. The quantitative estimate of drug-likeness (QED) is 0.775. The number of hydrogen-bond donors (Lipinski definition) is 1. The molecule has 2 heterocycles. The van der Waals surface area contributed by atoms with Crippen molar-refractivity contribution in [3.8, 4) is 0 Å². The molecule has 0 aromatic carbocycles.